The van der Waals surface area contributed by atoms with E-state index in [1.54, 1.807) is 7.05 Å². The van der Waals surface area contributed by atoms with Crippen LogP contribution < -0.4 is 11.1 Å². The Morgan fingerprint density at radius 3 is 2.83 bits per heavy atom. The molecule has 1 saturated carbocycles. The molecule has 1 aromatic rings. The van der Waals surface area contributed by atoms with E-state index in [1.165, 1.54) is 0 Å². The van der Waals surface area contributed by atoms with Crippen LogP contribution in [0.5, 0.6) is 0 Å². The van der Waals surface area contributed by atoms with E-state index >= 15 is 0 Å². The summed E-state index contributed by atoms with van der Waals surface area (Å²) in [6, 6.07) is -1.56. The highest BCUT2D eigenvalue weighted by molar-refractivity contribution is 6.02. The molecule has 1 aromatic heterocycles. The van der Waals surface area contributed by atoms with Gasteiger partial charge in [0, 0.05) is 13.5 Å². The molecule has 3 rings (SSSR count). The Labute approximate surface area is 131 Å². The van der Waals surface area contributed by atoms with Crippen LogP contribution in [-0.4, -0.2) is 51.0 Å². The number of nitrogen functional groups attached to an aromatic ring is 1. The van der Waals surface area contributed by atoms with Crippen molar-refractivity contribution in [1.82, 2.24) is 14.9 Å². The smallest absolute Gasteiger partial charge is 0.270 e. The number of carbonyl (C=O) groups excluding carboxylic acids is 1. The van der Waals surface area contributed by atoms with Gasteiger partial charge in [-0.05, 0) is 12.8 Å². The molecular weight excluding hydrogens is 308 g/mol. The van der Waals surface area contributed by atoms with Crippen molar-refractivity contribution >= 4 is 17.7 Å². The number of carbonyl (C=O) groups is 1. The van der Waals surface area contributed by atoms with Crippen molar-refractivity contribution in [3.05, 3.63) is 11.3 Å². The molecule has 2 heterocycles. The quantitative estimate of drug-likeness (QED) is 0.700. The lowest BCUT2D eigenvalue weighted by Crippen LogP contribution is -2.53. The minimum atomic E-state index is -3.15. The van der Waals surface area contributed by atoms with Crippen molar-refractivity contribution in [2.45, 2.75) is 50.3 Å². The number of nitrogens with two attached hydrogens (primary N) is 1. The number of rotatable bonds is 2. The summed E-state index contributed by atoms with van der Waals surface area (Å²) in [7, 11) is 1.56. The number of aliphatic hydroxyl groups excluding tert-OH is 1. The first-order valence-electron chi connectivity index (χ1n) is 7.56. The summed E-state index contributed by atoms with van der Waals surface area (Å²) < 4.78 is 28.9. The van der Waals surface area contributed by atoms with Crippen LogP contribution in [0.25, 0.3) is 0 Å². The van der Waals surface area contributed by atoms with E-state index in [4.69, 9.17) is 5.73 Å². The molecule has 126 valence electrons. The van der Waals surface area contributed by atoms with Crippen LogP contribution in [0.2, 0.25) is 0 Å². The van der Waals surface area contributed by atoms with Gasteiger partial charge in [-0.25, -0.2) is 13.8 Å². The molecule has 23 heavy (non-hydrogen) atoms. The van der Waals surface area contributed by atoms with E-state index in [2.05, 4.69) is 15.3 Å². The molecule has 1 amide bonds. The highest BCUT2D eigenvalue weighted by Gasteiger charge is 2.52. The molecule has 0 spiro atoms. The van der Waals surface area contributed by atoms with Gasteiger partial charge in [-0.1, -0.05) is 6.42 Å². The lowest BCUT2D eigenvalue weighted by atomic mass is 10.0. The summed E-state index contributed by atoms with van der Waals surface area (Å²) in [6.45, 7) is -0.104. The van der Waals surface area contributed by atoms with Crippen molar-refractivity contribution in [1.29, 1.82) is 0 Å². The van der Waals surface area contributed by atoms with Gasteiger partial charge in [0.2, 0.25) is 5.95 Å². The Morgan fingerprint density at radius 1 is 1.39 bits per heavy atom. The van der Waals surface area contributed by atoms with E-state index in [0.29, 0.717) is 18.5 Å². The van der Waals surface area contributed by atoms with Crippen LogP contribution in [0.4, 0.5) is 20.5 Å². The first kappa shape index (κ1) is 15.9. The molecule has 0 aromatic carbocycles. The van der Waals surface area contributed by atoms with Crippen molar-refractivity contribution in [2.24, 2.45) is 0 Å². The monoisotopic (exact) mass is 327 g/mol. The predicted octanol–water partition coefficient (Wildman–Crippen LogP) is 0.995. The first-order chi connectivity index (χ1) is 10.8. The molecule has 1 unspecified atom stereocenters. The second-order valence-electron chi connectivity index (χ2n) is 5.95. The summed E-state index contributed by atoms with van der Waals surface area (Å²) in [5, 5.41) is 12.9. The van der Waals surface area contributed by atoms with Gasteiger partial charge in [-0.2, -0.15) is 4.98 Å². The van der Waals surface area contributed by atoms with Crippen LogP contribution in [0.15, 0.2) is 0 Å². The molecule has 1 aliphatic carbocycles. The second kappa shape index (κ2) is 5.55. The van der Waals surface area contributed by atoms with Crippen LogP contribution in [0.3, 0.4) is 0 Å². The van der Waals surface area contributed by atoms with Gasteiger partial charge in [0.25, 0.3) is 11.8 Å². The van der Waals surface area contributed by atoms with Crippen molar-refractivity contribution in [3.8, 4) is 0 Å². The van der Waals surface area contributed by atoms with E-state index in [9.17, 15) is 18.7 Å². The lowest BCUT2D eigenvalue weighted by molar-refractivity contribution is -0.112. The van der Waals surface area contributed by atoms with Crippen molar-refractivity contribution in [2.75, 3.05) is 18.1 Å². The zero-order chi connectivity index (χ0) is 16.8. The zero-order valence-corrected chi connectivity index (χ0v) is 12.7. The number of halogens is 2. The number of aliphatic hydroxyl groups is 1. The van der Waals surface area contributed by atoms with Crippen LogP contribution in [-0.2, 0) is 6.54 Å². The third kappa shape index (κ3) is 2.58. The minimum Gasteiger partial charge on any atom is -0.391 e. The van der Waals surface area contributed by atoms with Gasteiger partial charge in [0.05, 0.1) is 18.3 Å². The molecule has 4 N–H and O–H groups in total. The average Bonchev–Trinajstić information content (AvgIpc) is 2.71. The SMILES string of the molecule is CNc1nc(N)nc2c1C(=O)N(C1[C@@H](O)CCCCC1(F)F)C2. The normalized spacial score (nSPS) is 26.8. The predicted molar refractivity (Wildman–Crippen MR) is 79.1 cm³/mol. The van der Waals surface area contributed by atoms with E-state index in [0.717, 1.165) is 4.90 Å². The Morgan fingerprint density at radius 2 is 2.13 bits per heavy atom. The number of fused-ring (bicyclic) bond motifs is 1. The second-order valence-corrected chi connectivity index (χ2v) is 5.95. The molecule has 2 atom stereocenters. The molecular formula is C14H19F2N5O2. The molecule has 2 aliphatic rings. The molecule has 9 heteroatoms. The van der Waals surface area contributed by atoms with E-state index in [-0.39, 0.29) is 36.7 Å². The Balaban J connectivity index is 2.00. The van der Waals surface area contributed by atoms with Gasteiger partial charge in [-0.15, -0.1) is 0 Å². The van der Waals surface area contributed by atoms with Crippen LogP contribution >= 0.6 is 0 Å². The van der Waals surface area contributed by atoms with Crippen molar-refractivity contribution < 1.29 is 18.7 Å². The van der Waals surface area contributed by atoms with Gasteiger partial charge in [0.1, 0.15) is 17.4 Å². The summed E-state index contributed by atoms with van der Waals surface area (Å²) in [4.78, 5) is 21.6. The summed E-state index contributed by atoms with van der Waals surface area (Å²) in [5.41, 5.74) is 6.04. The van der Waals surface area contributed by atoms with Crippen LogP contribution in [0.1, 0.15) is 41.7 Å². The van der Waals surface area contributed by atoms with E-state index in [1.807, 2.05) is 0 Å². The standard InChI is InChI=1S/C14H19F2N5O2/c1-18-11-9-7(19-13(17)20-11)6-21(12(9)23)10-8(22)4-2-3-5-14(10,15)16/h8,10,22H,2-6H2,1H3,(H3,17,18,19,20)/t8-,10?/m0/s1. The average molecular weight is 327 g/mol. The number of nitrogens with zero attached hydrogens (tertiary/aromatic N) is 3. The highest BCUT2D eigenvalue weighted by Crippen LogP contribution is 2.40. The largest absolute Gasteiger partial charge is 0.391 e. The first-order valence-corrected chi connectivity index (χ1v) is 7.56. The van der Waals surface area contributed by atoms with Gasteiger partial charge in [-0.3, -0.25) is 4.79 Å². The Bertz CT molecular complexity index is 640. The van der Waals surface area contributed by atoms with Gasteiger partial charge >= 0.3 is 0 Å². The fraction of sp³-hybridized carbons (Fsp3) is 0.643. The number of nitrogens with one attached hydrogen (secondary N) is 1. The maximum Gasteiger partial charge on any atom is 0.270 e. The summed E-state index contributed by atoms with van der Waals surface area (Å²) in [5.74, 6) is -3.57. The summed E-state index contributed by atoms with van der Waals surface area (Å²) in [6.07, 6.45) is -0.538. The molecule has 0 bridgehead atoms. The number of aromatic nitrogens is 2. The molecule has 1 fully saturated rings. The maximum absolute atomic E-state index is 14.5. The third-order valence-corrected chi connectivity index (χ3v) is 4.43. The fourth-order valence-corrected chi connectivity index (χ4v) is 3.38. The van der Waals surface area contributed by atoms with Gasteiger partial charge < -0.3 is 21.1 Å². The summed E-state index contributed by atoms with van der Waals surface area (Å²) >= 11 is 0. The Kier molecular flexibility index (Phi) is 3.83. The van der Waals surface area contributed by atoms with E-state index < -0.39 is 24.0 Å². The number of anilines is 2. The topological polar surface area (TPSA) is 104 Å². The highest BCUT2D eigenvalue weighted by atomic mass is 19.3. The molecule has 0 radical (unpaired) electrons. The number of amides is 1. The molecule has 1 aliphatic heterocycles. The third-order valence-electron chi connectivity index (χ3n) is 4.43. The number of hydrogen-bond acceptors (Lipinski definition) is 6. The maximum atomic E-state index is 14.5. The number of alkyl halides is 2. The fourth-order valence-electron chi connectivity index (χ4n) is 3.38. The zero-order valence-electron chi connectivity index (χ0n) is 12.7. The number of hydrogen-bond donors (Lipinski definition) is 3. The lowest BCUT2D eigenvalue weighted by Gasteiger charge is -2.35. The van der Waals surface area contributed by atoms with Crippen LogP contribution in [0, 0.1) is 0 Å². The Hall–Kier alpha value is -2.03. The minimum absolute atomic E-state index is 0.0316. The van der Waals surface area contributed by atoms with Gasteiger partial charge in [0.15, 0.2) is 0 Å². The van der Waals surface area contributed by atoms with Crippen molar-refractivity contribution in [3.63, 3.8) is 0 Å². The molecule has 7 nitrogen and oxygen atoms in total. The molecule has 0 saturated heterocycles.